The molecule has 2 aromatic carbocycles. The molecule has 0 aromatic heterocycles. The van der Waals surface area contributed by atoms with Gasteiger partial charge in [-0.1, -0.05) is 43.0 Å². The van der Waals surface area contributed by atoms with Gasteiger partial charge >= 0.3 is 0 Å². The van der Waals surface area contributed by atoms with Gasteiger partial charge in [-0.15, -0.1) is 0 Å². The number of methoxy groups -OCH3 is 2. The molecule has 0 radical (unpaired) electrons. The molecule has 220 valence electrons. The minimum atomic E-state index is -3.64. The van der Waals surface area contributed by atoms with Crippen LogP contribution in [0.25, 0.3) is 0 Å². The molecule has 0 bridgehead atoms. The minimum absolute atomic E-state index is 0.0565. The highest BCUT2D eigenvalue weighted by Crippen LogP contribution is 2.30. The van der Waals surface area contributed by atoms with Crippen LogP contribution in [-0.4, -0.2) is 64.2 Å². The molecule has 1 saturated carbocycles. The van der Waals surface area contributed by atoms with Crippen molar-refractivity contribution in [1.82, 2.24) is 10.2 Å². The Morgan fingerprint density at radius 1 is 1.07 bits per heavy atom. The molecule has 1 fully saturated rings. The topological polar surface area (TPSA) is 105 Å². The van der Waals surface area contributed by atoms with E-state index >= 15 is 0 Å². The van der Waals surface area contributed by atoms with Crippen LogP contribution in [0, 0.1) is 0 Å². The van der Waals surface area contributed by atoms with E-state index in [1.807, 2.05) is 24.3 Å². The minimum Gasteiger partial charge on any atom is -0.497 e. The van der Waals surface area contributed by atoms with Gasteiger partial charge in [-0.05, 0) is 62.1 Å². The van der Waals surface area contributed by atoms with E-state index in [-0.39, 0.29) is 48.8 Å². The zero-order valence-electron chi connectivity index (χ0n) is 23.7. The quantitative estimate of drug-likeness (QED) is 0.359. The zero-order chi connectivity index (χ0) is 29.3. The van der Waals surface area contributed by atoms with Crippen LogP contribution in [0.5, 0.6) is 11.5 Å². The lowest BCUT2D eigenvalue weighted by Gasteiger charge is -2.31. The molecule has 2 amide bonds. The van der Waals surface area contributed by atoms with Gasteiger partial charge in [-0.3, -0.25) is 13.9 Å². The summed E-state index contributed by atoms with van der Waals surface area (Å²) < 4.78 is 36.9. The molecular formula is C29H40ClN3O6S. The number of nitrogens with zero attached hydrogens (tertiary/aromatic N) is 2. The van der Waals surface area contributed by atoms with Gasteiger partial charge in [0.25, 0.3) is 0 Å². The summed E-state index contributed by atoms with van der Waals surface area (Å²) >= 11 is 6.23. The van der Waals surface area contributed by atoms with Crippen molar-refractivity contribution in [2.45, 2.75) is 70.5 Å². The Kier molecular flexibility index (Phi) is 11.5. The average molecular weight is 594 g/mol. The second-order valence-corrected chi connectivity index (χ2v) is 12.5. The maximum absolute atomic E-state index is 13.6. The summed E-state index contributed by atoms with van der Waals surface area (Å²) in [4.78, 5) is 28.3. The summed E-state index contributed by atoms with van der Waals surface area (Å²) in [5.74, 6) is 0.665. The Morgan fingerprint density at radius 2 is 1.80 bits per heavy atom. The number of amides is 2. The van der Waals surface area contributed by atoms with Gasteiger partial charge in [0.2, 0.25) is 21.8 Å². The molecule has 9 nitrogen and oxygen atoms in total. The molecular weight excluding hydrogens is 554 g/mol. The van der Waals surface area contributed by atoms with Crippen LogP contribution in [0.15, 0.2) is 42.5 Å². The summed E-state index contributed by atoms with van der Waals surface area (Å²) in [5.41, 5.74) is 1.21. The summed E-state index contributed by atoms with van der Waals surface area (Å²) in [7, 11) is -0.588. The van der Waals surface area contributed by atoms with Crippen molar-refractivity contribution in [3.63, 3.8) is 0 Å². The van der Waals surface area contributed by atoms with Gasteiger partial charge in [-0.25, -0.2) is 8.42 Å². The van der Waals surface area contributed by atoms with E-state index in [9.17, 15) is 18.0 Å². The smallest absolute Gasteiger partial charge is 0.242 e. The molecule has 0 spiro atoms. The van der Waals surface area contributed by atoms with Gasteiger partial charge < -0.3 is 19.7 Å². The maximum Gasteiger partial charge on any atom is 0.242 e. The number of rotatable bonds is 13. The number of carbonyl (C=O) groups is 2. The standard InChI is InChI=1S/C29H40ClN3O6S/c1-21(29(35)31-23-11-6-5-7-12-23)32(20-22-10-8-13-25(18-22)38-2)28(34)14-9-17-33(40(4,36)37)24-15-16-27(39-3)26(30)19-24/h8,10,13,15-16,18-19,21,23H,5-7,9,11-12,14,17,20H2,1-4H3,(H,31,35)/t21-/m1/s1. The third kappa shape index (κ3) is 8.76. The predicted octanol–water partition coefficient (Wildman–Crippen LogP) is 4.77. The number of hydrogen-bond donors (Lipinski definition) is 1. The summed E-state index contributed by atoms with van der Waals surface area (Å²) in [6.45, 7) is 2.03. The fraction of sp³-hybridized carbons (Fsp3) is 0.517. The van der Waals surface area contributed by atoms with Gasteiger partial charge in [0.15, 0.2) is 0 Å². The van der Waals surface area contributed by atoms with Crippen molar-refractivity contribution in [2.24, 2.45) is 0 Å². The van der Waals surface area contributed by atoms with Gasteiger partial charge in [-0.2, -0.15) is 0 Å². The molecule has 0 aliphatic heterocycles. The average Bonchev–Trinajstić information content (AvgIpc) is 2.93. The first-order valence-electron chi connectivity index (χ1n) is 13.6. The van der Waals surface area contributed by atoms with E-state index in [1.165, 1.54) is 23.9 Å². The van der Waals surface area contributed by atoms with Gasteiger partial charge in [0.1, 0.15) is 17.5 Å². The predicted molar refractivity (Wildman–Crippen MR) is 157 cm³/mol. The molecule has 0 saturated heterocycles. The fourth-order valence-corrected chi connectivity index (χ4v) is 6.14. The largest absolute Gasteiger partial charge is 0.497 e. The SMILES string of the molecule is COc1cccc(CN(C(=O)CCCN(c2ccc(OC)c(Cl)c2)S(C)(=O)=O)[C@H](C)C(=O)NC2CCCCC2)c1. The molecule has 1 aliphatic carbocycles. The molecule has 1 aliphatic rings. The second kappa shape index (κ2) is 14.6. The monoisotopic (exact) mass is 593 g/mol. The van der Waals surface area contributed by atoms with Crippen LogP contribution >= 0.6 is 11.6 Å². The van der Waals surface area contributed by atoms with E-state index in [1.54, 1.807) is 31.1 Å². The Morgan fingerprint density at radius 3 is 2.42 bits per heavy atom. The van der Waals surface area contributed by atoms with Crippen LogP contribution < -0.4 is 19.1 Å². The van der Waals surface area contributed by atoms with E-state index in [4.69, 9.17) is 21.1 Å². The highest BCUT2D eigenvalue weighted by atomic mass is 35.5. The fourth-order valence-electron chi connectivity index (χ4n) is 4.93. The van der Waals surface area contributed by atoms with Gasteiger partial charge in [0, 0.05) is 25.6 Å². The van der Waals surface area contributed by atoms with Crippen LogP contribution in [-0.2, 0) is 26.2 Å². The third-order valence-corrected chi connectivity index (χ3v) is 8.67. The number of sulfonamides is 1. The molecule has 40 heavy (non-hydrogen) atoms. The molecule has 0 heterocycles. The van der Waals surface area contributed by atoms with Crippen LogP contribution in [0.3, 0.4) is 0 Å². The van der Waals surface area contributed by atoms with E-state index in [0.717, 1.165) is 37.5 Å². The number of halogens is 1. The van der Waals surface area contributed by atoms with Crippen LogP contribution in [0.4, 0.5) is 5.69 Å². The van der Waals surface area contributed by atoms with Crippen molar-refractivity contribution < 1.29 is 27.5 Å². The lowest BCUT2D eigenvalue weighted by molar-refractivity contribution is -0.141. The Hall–Kier alpha value is -2.98. The summed E-state index contributed by atoms with van der Waals surface area (Å²) in [6, 6.07) is 11.5. The summed E-state index contributed by atoms with van der Waals surface area (Å²) in [6.07, 6.45) is 6.65. The first kappa shape index (κ1) is 31.5. The highest BCUT2D eigenvalue weighted by molar-refractivity contribution is 7.92. The van der Waals surface area contributed by atoms with Crippen LogP contribution in [0.2, 0.25) is 5.02 Å². The van der Waals surface area contributed by atoms with Crippen molar-refractivity contribution >= 4 is 39.1 Å². The molecule has 1 atom stereocenters. The number of ether oxygens (including phenoxy) is 2. The second-order valence-electron chi connectivity index (χ2n) is 10.2. The molecule has 2 aromatic rings. The zero-order valence-corrected chi connectivity index (χ0v) is 25.3. The van der Waals surface area contributed by atoms with E-state index in [2.05, 4.69) is 5.32 Å². The number of benzene rings is 2. The number of carbonyl (C=O) groups excluding carboxylic acids is 2. The maximum atomic E-state index is 13.6. The first-order valence-corrected chi connectivity index (χ1v) is 15.8. The molecule has 11 heteroatoms. The van der Waals surface area contributed by atoms with Crippen LogP contribution in [0.1, 0.15) is 57.4 Å². The highest BCUT2D eigenvalue weighted by Gasteiger charge is 2.28. The van der Waals surface area contributed by atoms with Crippen molar-refractivity contribution in [3.8, 4) is 11.5 Å². The molecule has 3 rings (SSSR count). The normalized spacial score (nSPS) is 14.7. The van der Waals surface area contributed by atoms with Gasteiger partial charge in [0.05, 0.1) is 31.2 Å². The Bertz CT molecular complexity index is 1270. The molecule has 1 N–H and O–H groups in total. The van der Waals surface area contributed by atoms with E-state index in [0.29, 0.717) is 17.2 Å². The number of anilines is 1. The third-order valence-electron chi connectivity index (χ3n) is 7.18. The van der Waals surface area contributed by atoms with E-state index < -0.39 is 16.1 Å². The Balaban J connectivity index is 1.74. The molecule has 0 unspecified atom stereocenters. The van der Waals surface area contributed by atoms with Crippen molar-refractivity contribution in [3.05, 3.63) is 53.1 Å². The number of hydrogen-bond acceptors (Lipinski definition) is 6. The summed E-state index contributed by atoms with van der Waals surface area (Å²) in [5, 5.41) is 3.41. The Labute approximate surface area is 242 Å². The van der Waals surface area contributed by atoms with Crippen molar-refractivity contribution in [2.75, 3.05) is 31.3 Å². The lowest BCUT2D eigenvalue weighted by Crippen LogP contribution is -2.50. The number of nitrogens with one attached hydrogen (secondary N) is 1. The van der Waals surface area contributed by atoms with Crippen molar-refractivity contribution in [1.29, 1.82) is 0 Å². The first-order chi connectivity index (χ1) is 19.0. The lowest BCUT2D eigenvalue weighted by atomic mass is 9.95.